The van der Waals surface area contributed by atoms with Crippen LogP contribution in [-0.4, -0.2) is 39.8 Å². The van der Waals surface area contributed by atoms with Crippen LogP contribution in [0.4, 0.5) is 5.69 Å². The van der Waals surface area contributed by atoms with Gasteiger partial charge in [0.15, 0.2) is 26.4 Å². The summed E-state index contributed by atoms with van der Waals surface area (Å²) < 4.78 is 33.2. The first kappa shape index (κ1) is 18.5. The number of nitrogens with zero attached hydrogens (tertiary/aromatic N) is 1. The van der Waals surface area contributed by atoms with E-state index in [0.717, 1.165) is 6.26 Å². The van der Waals surface area contributed by atoms with Crippen molar-refractivity contribution in [3.05, 3.63) is 48.2 Å². The smallest absolute Gasteiger partial charge is 0.248 e. The fourth-order valence-electron chi connectivity index (χ4n) is 2.07. The number of methoxy groups -OCH3 is 2. The van der Waals surface area contributed by atoms with Crippen molar-refractivity contribution in [2.24, 2.45) is 0 Å². The number of hydrogen-bond donors (Lipinski definition) is 1. The summed E-state index contributed by atoms with van der Waals surface area (Å²) in [5.74, 6) is 0.692. The highest BCUT2D eigenvalue weighted by molar-refractivity contribution is 7.90. The zero-order chi connectivity index (χ0) is 18.4. The van der Waals surface area contributed by atoms with Crippen LogP contribution in [0.25, 0.3) is 6.08 Å². The molecule has 132 valence electrons. The Bertz CT molecular complexity index is 890. The normalized spacial score (nSPS) is 11.3. The van der Waals surface area contributed by atoms with Gasteiger partial charge in [0, 0.05) is 17.9 Å². The quantitative estimate of drug-likeness (QED) is 0.791. The fraction of sp³-hybridized carbons (Fsp3) is 0.176. The molecule has 0 aliphatic rings. The lowest BCUT2D eigenvalue weighted by molar-refractivity contribution is -0.111. The average molecular weight is 362 g/mol. The fourth-order valence-corrected chi connectivity index (χ4v) is 2.63. The van der Waals surface area contributed by atoms with Gasteiger partial charge in [-0.25, -0.2) is 13.4 Å². The van der Waals surface area contributed by atoms with Crippen LogP contribution < -0.4 is 14.8 Å². The maximum Gasteiger partial charge on any atom is 0.248 e. The predicted molar refractivity (Wildman–Crippen MR) is 94.6 cm³/mol. The molecule has 0 saturated carbocycles. The number of hydrogen-bond acceptors (Lipinski definition) is 6. The molecule has 2 aromatic rings. The van der Waals surface area contributed by atoms with Crippen molar-refractivity contribution in [2.75, 3.05) is 25.8 Å². The Morgan fingerprint density at radius 2 is 1.92 bits per heavy atom. The summed E-state index contributed by atoms with van der Waals surface area (Å²) in [7, 11) is -0.321. The van der Waals surface area contributed by atoms with Gasteiger partial charge in [-0.2, -0.15) is 0 Å². The molecule has 1 amide bonds. The number of carbonyl (C=O) groups is 1. The molecule has 1 N–H and O–H groups in total. The van der Waals surface area contributed by atoms with Crippen LogP contribution in [-0.2, 0) is 14.6 Å². The third kappa shape index (κ3) is 4.80. The molecule has 0 fully saturated rings. The number of aromatic nitrogens is 1. The van der Waals surface area contributed by atoms with Gasteiger partial charge in [0.1, 0.15) is 0 Å². The van der Waals surface area contributed by atoms with E-state index in [2.05, 4.69) is 10.3 Å². The SMILES string of the molecule is COc1cccc(C=CC(=O)Nc2ccc(S(C)(=O)=O)nc2)c1OC. The first-order valence-electron chi connectivity index (χ1n) is 7.21. The van der Waals surface area contributed by atoms with Crippen LogP contribution in [0.3, 0.4) is 0 Å². The number of nitrogens with one attached hydrogen (secondary N) is 1. The summed E-state index contributed by atoms with van der Waals surface area (Å²) in [5, 5.41) is 2.55. The van der Waals surface area contributed by atoms with Gasteiger partial charge in [0.25, 0.3) is 0 Å². The highest BCUT2D eigenvalue weighted by Gasteiger charge is 2.09. The van der Waals surface area contributed by atoms with E-state index in [1.807, 2.05) is 0 Å². The van der Waals surface area contributed by atoms with Gasteiger partial charge >= 0.3 is 0 Å². The third-order valence-electron chi connectivity index (χ3n) is 3.23. The predicted octanol–water partition coefficient (Wildman–Crippen LogP) is 2.15. The van der Waals surface area contributed by atoms with E-state index in [9.17, 15) is 13.2 Å². The Labute approximate surface area is 146 Å². The summed E-state index contributed by atoms with van der Waals surface area (Å²) in [4.78, 5) is 15.8. The summed E-state index contributed by atoms with van der Waals surface area (Å²) in [6.07, 6.45) is 5.28. The highest BCUT2D eigenvalue weighted by atomic mass is 32.2. The molecule has 0 bridgehead atoms. The van der Waals surface area contributed by atoms with E-state index in [1.54, 1.807) is 24.3 Å². The first-order valence-corrected chi connectivity index (χ1v) is 9.10. The summed E-state index contributed by atoms with van der Waals surface area (Å²) in [6.45, 7) is 0. The van der Waals surface area contributed by atoms with E-state index in [0.29, 0.717) is 22.7 Å². The Balaban J connectivity index is 2.11. The molecule has 0 aliphatic carbocycles. The lowest BCUT2D eigenvalue weighted by atomic mass is 10.1. The van der Waals surface area contributed by atoms with Gasteiger partial charge in [-0.15, -0.1) is 0 Å². The number of para-hydroxylation sites is 1. The van der Waals surface area contributed by atoms with Crippen LogP contribution in [0.15, 0.2) is 47.6 Å². The highest BCUT2D eigenvalue weighted by Crippen LogP contribution is 2.31. The lowest BCUT2D eigenvalue weighted by Gasteiger charge is -2.09. The maximum atomic E-state index is 12.0. The number of rotatable bonds is 6. The number of ether oxygens (including phenoxy) is 2. The minimum absolute atomic E-state index is 0.0536. The second kappa shape index (κ2) is 7.80. The summed E-state index contributed by atoms with van der Waals surface area (Å²) in [6, 6.07) is 8.13. The average Bonchev–Trinajstić information content (AvgIpc) is 2.59. The standard InChI is InChI=1S/C17H18N2O5S/c1-23-14-6-4-5-12(17(14)24-2)7-9-15(20)19-13-8-10-16(18-11-13)25(3,21)22/h4-11H,1-3H3,(H,19,20). The first-order chi connectivity index (χ1) is 11.8. The van der Waals surface area contributed by atoms with Crippen LogP contribution in [0.5, 0.6) is 11.5 Å². The van der Waals surface area contributed by atoms with Gasteiger partial charge in [0.2, 0.25) is 5.91 Å². The number of anilines is 1. The molecular formula is C17H18N2O5S. The number of sulfone groups is 1. The third-order valence-corrected chi connectivity index (χ3v) is 4.23. The van der Waals surface area contributed by atoms with Crippen LogP contribution in [0.2, 0.25) is 0 Å². The van der Waals surface area contributed by atoms with Gasteiger partial charge in [-0.3, -0.25) is 4.79 Å². The molecule has 2 rings (SSSR count). The van der Waals surface area contributed by atoms with Crippen molar-refractivity contribution in [3.63, 3.8) is 0 Å². The molecule has 1 aromatic heterocycles. The molecule has 0 aliphatic heterocycles. The molecule has 8 heteroatoms. The van der Waals surface area contributed by atoms with Crippen molar-refractivity contribution in [3.8, 4) is 11.5 Å². The summed E-state index contributed by atoms with van der Waals surface area (Å²) in [5.41, 5.74) is 1.07. The molecule has 0 saturated heterocycles. The van der Waals surface area contributed by atoms with E-state index in [-0.39, 0.29) is 5.03 Å². The van der Waals surface area contributed by atoms with Crippen LogP contribution in [0, 0.1) is 0 Å². The number of carbonyl (C=O) groups excluding carboxylic acids is 1. The summed E-state index contributed by atoms with van der Waals surface area (Å²) >= 11 is 0. The van der Waals surface area contributed by atoms with Crippen molar-refractivity contribution in [2.45, 2.75) is 5.03 Å². The molecule has 25 heavy (non-hydrogen) atoms. The Hall–Kier alpha value is -2.87. The maximum absolute atomic E-state index is 12.0. The van der Waals surface area contributed by atoms with E-state index in [1.165, 1.54) is 38.6 Å². The molecule has 0 spiro atoms. The van der Waals surface area contributed by atoms with Crippen molar-refractivity contribution >= 4 is 27.5 Å². The van der Waals surface area contributed by atoms with Gasteiger partial charge in [0.05, 0.1) is 26.1 Å². The van der Waals surface area contributed by atoms with E-state index < -0.39 is 15.7 Å². The molecule has 0 radical (unpaired) electrons. The van der Waals surface area contributed by atoms with Crippen molar-refractivity contribution in [1.82, 2.24) is 4.98 Å². The van der Waals surface area contributed by atoms with Crippen LogP contribution >= 0.6 is 0 Å². The monoisotopic (exact) mass is 362 g/mol. The van der Waals surface area contributed by atoms with E-state index >= 15 is 0 Å². The Morgan fingerprint density at radius 1 is 1.16 bits per heavy atom. The molecular weight excluding hydrogens is 344 g/mol. The number of pyridine rings is 1. The zero-order valence-electron chi connectivity index (χ0n) is 14.0. The van der Waals surface area contributed by atoms with E-state index in [4.69, 9.17) is 9.47 Å². The zero-order valence-corrected chi connectivity index (χ0v) is 14.8. The topological polar surface area (TPSA) is 94.6 Å². The van der Waals surface area contributed by atoms with Crippen molar-refractivity contribution < 1.29 is 22.7 Å². The van der Waals surface area contributed by atoms with Gasteiger partial charge in [-0.05, 0) is 24.3 Å². The Kier molecular flexibility index (Phi) is 5.76. The van der Waals surface area contributed by atoms with Crippen LogP contribution in [0.1, 0.15) is 5.56 Å². The molecule has 1 heterocycles. The molecule has 0 atom stereocenters. The molecule has 7 nitrogen and oxygen atoms in total. The van der Waals surface area contributed by atoms with Gasteiger partial charge < -0.3 is 14.8 Å². The number of amides is 1. The minimum atomic E-state index is -3.37. The molecule has 0 unspecified atom stereocenters. The lowest BCUT2D eigenvalue weighted by Crippen LogP contribution is -2.09. The molecule has 1 aromatic carbocycles. The largest absolute Gasteiger partial charge is 0.493 e. The minimum Gasteiger partial charge on any atom is -0.493 e. The van der Waals surface area contributed by atoms with Gasteiger partial charge in [-0.1, -0.05) is 12.1 Å². The second-order valence-corrected chi connectivity index (χ2v) is 7.03. The Morgan fingerprint density at radius 3 is 2.48 bits per heavy atom. The second-order valence-electron chi connectivity index (χ2n) is 5.06. The number of benzene rings is 1. The van der Waals surface area contributed by atoms with Crippen molar-refractivity contribution in [1.29, 1.82) is 0 Å².